The SMILES string of the molecule is O=C(NC1CCCc2ccccc2C1)c1cncc(N2CCCC2)c1. The van der Waals surface area contributed by atoms with Gasteiger partial charge in [0.2, 0.25) is 0 Å². The third kappa shape index (κ3) is 3.68. The summed E-state index contributed by atoms with van der Waals surface area (Å²) in [5.74, 6) is -0.00192. The van der Waals surface area contributed by atoms with Gasteiger partial charge in [0.05, 0.1) is 17.4 Å². The first-order valence-corrected chi connectivity index (χ1v) is 9.37. The molecule has 0 spiro atoms. The summed E-state index contributed by atoms with van der Waals surface area (Å²) in [6.45, 7) is 2.12. The Labute approximate surface area is 149 Å². The van der Waals surface area contributed by atoms with Crippen molar-refractivity contribution in [3.63, 3.8) is 0 Å². The van der Waals surface area contributed by atoms with Gasteiger partial charge in [0.1, 0.15) is 0 Å². The van der Waals surface area contributed by atoms with Gasteiger partial charge in [0.25, 0.3) is 5.91 Å². The largest absolute Gasteiger partial charge is 0.370 e. The monoisotopic (exact) mass is 335 g/mol. The maximum atomic E-state index is 12.7. The Balaban J connectivity index is 1.46. The molecule has 25 heavy (non-hydrogen) atoms. The predicted octanol–water partition coefficient (Wildman–Crippen LogP) is 3.36. The molecular weight excluding hydrogens is 310 g/mol. The van der Waals surface area contributed by atoms with Crippen LogP contribution in [0, 0.1) is 0 Å². The Morgan fingerprint density at radius 2 is 1.88 bits per heavy atom. The second-order valence-electron chi connectivity index (χ2n) is 7.16. The van der Waals surface area contributed by atoms with Crippen LogP contribution in [0.15, 0.2) is 42.7 Å². The number of carbonyl (C=O) groups is 1. The Kier molecular flexibility index (Phi) is 4.68. The third-order valence-corrected chi connectivity index (χ3v) is 5.38. The minimum Gasteiger partial charge on any atom is -0.370 e. The molecule has 0 bridgehead atoms. The zero-order chi connectivity index (χ0) is 17.1. The van der Waals surface area contributed by atoms with E-state index >= 15 is 0 Å². The number of rotatable bonds is 3. The summed E-state index contributed by atoms with van der Waals surface area (Å²) in [6, 6.07) is 10.8. The van der Waals surface area contributed by atoms with E-state index in [1.807, 2.05) is 12.3 Å². The summed E-state index contributed by atoms with van der Waals surface area (Å²) < 4.78 is 0. The van der Waals surface area contributed by atoms with E-state index in [4.69, 9.17) is 0 Å². The summed E-state index contributed by atoms with van der Waals surface area (Å²) in [6.07, 6.45) is 10.2. The van der Waals surface area contributed by atoms with Crippen molar-refractivity contribution in [1.82, 2.24) is 10.3 Å². The Morgan fingerprint density at radius 1 is 1.08 bits per heavy atom. The molecule has 130 valence electrons. The van der Waals surface area contributed by atoms with Gasteiger partial charge in [-0.15, -0.1) is 0 Å². The van der Waals surface area contributed by atoms with Crippen molar-refractivity contribution in [2.24, 2.45) is 0 Å². The van der Waals surface area contributed by atoms with E-state index in [0.717, 1.165) is 44.5 Å². The topological polar surface area (TPSA) is 45.2 Å². The number of carbonyl (C=O) groups excluding carboxylic acids is 1. The van der Waals surface area contributed by atoms with E-state index in [9.17, 15) is 4.79 Å². The van der Waals surface area contributed by atoms with Crippen molar-refractivity contribution in [3.8, 4) is 0 Å². The summed E-state index contributed by atoms with van der Waals surface area (Å²) in [7, 11) is 0. The molecule has 1 amide bonds. The Hall–Kier alpha value is -2.36. The molecule has 2 aliphatic rings. The molecule has 1 N–H and O–H groups in total. The summed E-state index contributed by atoms with van der Waals surface area (Å²) >= 11 is 0. The third-order valence-electron chi connectivity index (χ3n) is 5.38. The number of hydrogen-bond donors (Lipinski definition) is 1. The molecule has 1 saturated heterocycles. The van der Waals surface area contributed by atoms with Crippen LogP contribution in [-0.2, 0) is 12.8 Å². The van der Waals surface area contributed by atoms with Gasteiger partial charge in [-0.05, 0) is 55.7 Å². The lowest BCUT2D eigenvalue weighted by atomic mass is 10.0. The van der Waals surface area contributed by atoms with Crippen LogP contribution < -0.4 is 10.2 Å². The highest BCUT2D eigenvalue weighted by Gasteiger charge is 2.20. The standard InChI is InChI=1S/C21H25N3O/c25-21(18-13-20(15-22-14-18)24-10-3-4-11-24)23-19-9-5-8-16-6-1-2-7-17(16)12-19/h1-2,6-7,13-15,19H,3-5,8-12H2,(H,23,25). The van der Waals surface area contributed by atoms with Crippen molar-refractivity contribution in [3.05, 3.63) is 59.4 Å². The van der Waals surface area contributed by atoms with E-state index in [-0.39, 0.29) is 11.9 Å². The summed E-state index contributed by atoms with van der Waals surface area (Å²) in [4.78, 5) is 19.3. The van der Waals surface area contributed by atoms with Crippen LogP contribution >= 0.6 is 0 Å². The van der Waals surface area contributed by atoms with E-state index in [1.54, 1.807) is 6.20 Å². The van der Waals surface area contributed by atoms with Crippen molar-refractivity contribution in [2.75, 3.05) is 18.0 Å². The molecule has 0 radical (unpaired) electrons. The molecule has 4 rings (SSSR count). The van der Waals surface area contributed by atoms with Crippen LogP contribution in [0.1, 0.15) is 47.2 Å². The highest BCUT2D eigenvalue weighted by atomic mass is 16.1. The van der Waals surface area contributed by atoms with E-state index < -0.39 is 0 Å². The van der Waals surface area contributed by atoms with Gasteiger partial charge in [-0.1, -0.05) is 24.3 Å². The fraction of sp³-hybridized carbons (Fsp3) is 0.429. The van der Waals surface area contributed by atoms with E-state index in [1.165, 1.54) is 24.0 Å². The number of anilines is 1. The van der Waals surface area contributed by atoms with Gasteiger partial charge in [-0.2, -0.15) is 0 Å². The van der Waals surface area contributed by atoms with Gasteiger partial charge < -0.3 is 10.2 Å². The molecule has 1 fully saturated rings. The second kappa shape index (κ2) is 7.26. The molecule has 4 nitrogen and oxygen atoms in total. The minimum absolute atomic E-state index is 0.00192. The average molecular weight is 335 g/mol. The van der Waals surface area contributed by atoms with Gasteiger partial charge >= 0.3 is 0 Å². The van der Waals surface area contributed by atoms with Crippen molar-refractivity contribution >= 4 is 11.6 Å². The van der Waals surface area contributed by atoms with E-state index in [2.05, 4.69) is 39.5 Å². The molecule has 0 saturated carbocycles. The Bertz CT molecular complexity index is 752. The molecule has 1 atom stereocenters. The molecule has 2 heterocycles. The van der Waals surface area contributed by atoms with Crippen molar-refractivity contribution in [2.45, 2.75) is 44.6 Å². The molecule has 1 unspecified atom stereocenters. The smallest absolute Gasteiger partial charge is 0.253 e. The van der Waals surface area contributed by atoms with Crippen molar-refractivity contribution in [1.29, 1.82) is 0 Å². The number of nitrogens with one attached hydrogen (secondary N) is 1. The number of amides is 1. The van der Waals surface area contributed by atoms with Gasteiger partial charge in [-0.3, -0.25) is 9.78 Å². The fourth-order valence-electron chi connectivity index (χ4n) is 4.00. The molecule has 2 aromatic rings. The Morgan fingerprint density at radius 3 is 2.72 bits per heavy atom. The number of nitrogens with zero attached hydrogens (tertiary/aromatic N) is 2. The zero-order valence-electron chi connectivity index (χ0n) is 14.6. The number of aromatic nitrogens is 1. The lowest BCUT2D eigenvalue weighted by molar-refractivity contribution is 0.0934. The lowest BCUT2D eigenvalue weighted by Gasteiger charge is -2.19. The number of benzene rings is 1. The number of pyridine rings is 1. The lowest BCUT2D eigenvalue weighted by Crippen LogP contribution is -2.36. The van der Waals surface area contributed by atoms with Crippen LogP contribution in [0.3, 0.4) is 0 Å². The quantitative estimate of drug-likeness (QED) is 0.875. The maximum absolute atomic E-state index is 12.7. The van der Waals surface area contributed by atoms with Crippen molar-refractivity contribution < 1.29 is 4.79 Å². The molecule has 1 aliphatic heterocycles. The maximum Gasteiger partial charge on any atom is 0.253 e. The van der Waals surface area contributed by atoms with E-state index in [0.29, 0.717) is 5.56 Å². The molecule has 4 heteroatoms. The van der Waals surface area contributed by atoms with Crippen LogP contribution in [0.2, 0.25) is 0 Å². The number of aryl methyl sites for hydroxylation is 1. The normalized spacial score (nSPS) is 20.0. The molecule has 1 aliphatic carbocycles. The predicted molar refractivity (Wildman–Crippen MR) is 100 cm³/mol. The molecular formula is C21H25N3O. The minimum atomic E-state index is -0.00192. The number of fused-ring (bicyclic) bond motifs is 1. The first kappa shape index (κ1) is 16.1. The average Bonchev–Trinajstić information content (AvgIpc) is 3.10. The second-order valence-corrected chi connectivity index (χ2v) is 7.16. The van der Waals surface area contributed by atoms with Gasteiger partial charge in [0.15, 0.2) is 0 Å². The van der Waals surface area contributed by atoms with Crippen LogP contribution in [0.5, 0.6) is 0 Å². The summed E-state index contributed by atoms with van der Waals surface area (Å²) in [5, 5.41) is 3.24. The highest BCUT2D eigenvalue weighted by Crippen LogP contribution is 2.22. The van der Waals surface area contributed by atoms with Gasteiger partial charge in [-0.25, -0.2) is 0 Å². The number of hydrogen-bond acceptors (Lipinski definition) is 3. The fourth-order valence-corrected chi connectivity index (χ4v) is 4.00. The zero-order valence-corrected chi connectivity index (χ0v) is 14.6. The first-order chi connectivity index (χ1) is 12.3. The summed E-state index contributed by atoms with van der Waals surface area (Å²) in [5.41, 5.74) is 4.53. The first-order valence-electron chi connectivity index (χ1n) is 9.37. The molecule has 1 aromatic heterocycles. The van der Waals surface area contributed by atoms with Crippen LogP contribution in [-0.4, -0.2) is 30.0 Å². The van der Waals surface area contributed by atoms with Crippen LogP contribution in [0.25, 0.3) is 0 Å². The highest BCUT2D eigenvalue weighted by molar-refractivity contribution is 5.95. The molecule has 1 aromatic carbocycles. The van der Waals surface area contributed by atoms with Gasteiger partial charge in [0, 0.05) is 25.3 Å². The van der Waals surface area contributed by atoms with Crippen LogP contribution in [0.4, 0.5) is 5.69 Å².